The molecule has 3 rings (SSSR count). The number of aromatic nitrogens is 1. The predicted molar refractivity (Wildman–Crippen MR) is 140 cm³/mol. The molecule has 0 saturated heterocycles. The maximum Gasteiger partial charge on any atom is 0.273 e. The van der Waals surface area contributed by atoms with E-state index in [1.165, 1.54) is 35.9 Å². The molecule has 0 radical (unpaired) electrons. The zero-order valence-electron chi connectivity index (χ0n) is 21.3. The van der Waals surface area contributed by atoms with E-state index in [0.29, 0.717) is 23.7 Å². The van der Waals surface area contributed by atoms with Crippen LogP contribution in [0.3, 0.4) is 0 Å². The minimum Gasteiger partial charge on any atom is -0.497 e. The van der Waals surface area contributed by atoms with Gasteiger partial charge in [0.2, 0.25) is 0 Å². The third-order valence-corrected chi connectivity index (χ3v) is 4.94. The van der Waals surface area contributed by atoms with Crippen molar-refractivity contribution in [2.24, 2.45) is 0 Å². The van der Waals surface area contributed by atoms with Gasteiger partial charge in [-0.3, -0.25) is 19.5 Å². The summed E-state index contributed by atoms with van der Waals surface area (Å²) in [7, 11) is 1.53. The van der Waals surface area contributed by atoms with E-state index >= 15 is 0 Å². The lowest BCUT2D eigenvalue weighted by molar-refractivity contribution is -0.384. The number of fused-ring (bicyclic) bond motifs is 1. The number of methoxy groups -OCH3 is 1. The first-order chi connectivity index (χ1) is 16.9. The van der Waals surface area contributed by atoms with Gasteiger partial charge in [0.05, 0.1) is 17.7 Å². The zero-order chi connectivity index (χ0) is 26.5. The molecular weight excluding hydrogens is 444 g/mol. The van der Waals surface area contributed by atoms with Gasteiger partial charge < -0.3 is 10.1 Å². The van der Waals surface area contributed by atoms with Crippen LogP contribution >= 0.6 is 0 Å². The van der Waals surface area contributed by atoms with Crippen molar-refractivity contribution in [1.82, 2.24) is 9.88 Å². The number of nitrogens with one attached hydrogen (secondary N) is 1. The van der Waals surface area contributed by atoms with Gasteiger partial charge in [-0.05, 0) is 30.2 Å². The van der Waals surface area contributed by atoms with E-state index < -0.39 is 10.5 Å². The van der Waals surface area contributed by atoms with E-state index in [9.17, 15) is 20.2 Å². The molecule has 0 amide bonds. The Labute approximate surface area is 207 Å². The van der Waals surface area contributed by atoms with Crippen LogP contribution in [-0.4, -0.2) is 16.6 Å². The standard InChI is InChI=1S/C23H22N4O4.2C2H6/c1-4-5-6-20-21(11-15(2)31-3)25-14-17-12-16(13-24)23(28)26(22(17)20)18-7-9-19(10-8-18)27(29)30;2*1-2/h6-12,25H,2,4-5,14H2,1,3H3;2*1-2H3/b20-6?,21-11+;;. The summed E-state index contributed by atoms with van der Waals surface area (Å²) < 4.78 is 6.64. The number of nitro benzene ring substituents is 1. The van der Waals surface area contributed by atoms with Crippen LogP contribution in [0, 0.1) is 21.4 Å². The zero-order valence-corrected chi connectivity index (χ0v) is 21.3. The minimum atomic E-state index is -0.499. The molecular formula is C27H34N4O4. The van der Waals surface area contributed by atoms with E-state index in [1.807, 2.05) is 46.8 Å². The summed E-state index contributed by atoms with van der Waals surface area (Å²) in [5.74, 6) is 0.450. The van der Waals surface area contributed by atoms with Crippen LogP contribution in [0.5, 0.6) is 0 Å². The van der Waals surface area contributed by atoms with Crippen molar-refractivity contribution >= 4 is 11.3 Å². The third-order valence-electron chi connectivity index (χ3n) is 4.94. The highest BCUT2D eigenvalue weighted by molar-refractivity contribution is 5.82. The van der Waals surface area contributed by atoms with Crippen molar-refractivity contribution in [3.05, 3.63) is 97.8 Å². The second-order valence-corrected chi connectivity index (χ2v) is 6.95. The Balaban J connectivity index is 0.00000145. The Morgan fingerprint density at radius 2 is 1.91 bits per heavy atom. The van der Waals surface area contributed by atoms with Gasteiger partial charge in [-0.1, -0.05) is 53.7 Å². The number of hydrogen-bond donors (Lipinski definition) is 1. The summed E-state index contributed by atoms with van der Waals surface area (Å²) in [6.07, 6.45) is 5.44. The first-order valence-corrected chi connectivity index (χ1v) is 11.7. The van der Waals surface area contributed by atoms with Crippen LogP contribution in [-0.2, 0) is 11.3 Å². The number of nitro groups is 1. The molecule has 0 atom stereocenters. The van der Waals surface area contributed by atoms with E-state index in [2.05, 4.69) is 11.9 Å². The van der Waals surface area contributed by atoms with Crippen LogP contribution in [0.4, 0.5) is 5.69 Å². The largest absolute Gasteiger partial charge is 0.497 e. The van der Waals surface area contributed by atoms with Gasteiger partial charge in [0.1, 0.15) is 17.4 Å². The summed E-state index contributed by atoms with van der Waals surface area (Å²) in [5.41, 5.74) is 2.82. The molecule has 2 aromatic rings. The fourth-order valence-electron chi connectivity index (χ4n) is 3.41. The molecule has 0 spiro atoms. The first kappa shape index (κ1) is 28.9. The van der Waals surface area contributed by atoms with Gasteiger partial charge in [0, 0.05) is 41.7 Å². The highest BCUT2D eigenvalue weighted by Crippen LogP contribution is 2.32. The van der Waals surface area contributed by atoms with E-state index in [4.69, 9.17) is 4.74 Å². The summed E-state index contributed by atoms with van der Waals surface area (Å²) in [5, 5.41) is 23.8. The molecule has 186 valence electrons. The SMILES string of the molecule is C=C(/C=C1/NCc2cc(C#N)c(=O)n(-c3ccc([N+](=O)[O-])cc3)c2C1=CCCC)OC.CC.CC. The highest BCUT2D eigenvalue weighted by Gasteiger charge is 2.25. The van der Waals surface area contributed by atoms with Crippen molar-refractivity contribution in [2.45, 2.75) is 54.0 Å². The van der Waals surface area contributed by atoms with E-state index in [0.717, 1.165) is 29.7 Å². The molecule has 1 N–H and O–H groups in total. The second-order valence-electron chi connectivity index (χ2n) is 6.95. The molecule has 35 heavy (non-hydrogen) atoms. The predicted octanol–water partition coefficient (Wildman–Crippen LogP) is 6.00. The van der Waals surface area contributed by atoms with Gasteiger partial charge in [-0.25, -0.2) is 0 Å². The van der Waals surface area contributed by atoms with Crippen molar-refractivity contribution < 1.29 is 9.66 Å². The van der Waals surface area contributed by atoms with Crippen LogP contribution in [0.25, 0.3) is 11.3 Å². The van der Waals surface area contributed by atoms with Crippen LogP contribution in [0.1, 0.15) is 64.3 Å². The number of hydrogen-bond acceptors (Lipinski definition) is 6. The molecule has 0 aliphatic carbocycles. The Kier molecular flexibility index (Phi) is 11.7. The molecule has 8 heteroatoms. The Morgan fingerprint density at radius 3 is 2.43 bits per heavy atom. The van der Waals surface area contributed by atoms with Crippen LogP contribution in [0.15, 0.2) is 65.3 Å². The highest BCUT2D eigenvalue weighted by atomic mass is 16.6. The fraction of sp³-hybridized carbons (Fsp3) is 0.333. The molecule has 2 heterocycles. The first-order valence-electron chi connectivity index (χ1n) is 11.7. The smallest absolute Gasteiger partial charge is 0.273 e. The number of pyridine rings is 1. The molecule has 1 aromatic carbocycles. The maximum atomic E-state index is 13.2. The third kappa shape index (κ3) is 6.70. The number of unbranched alkanes of at least 4 members (excludes halogenated alkanes) is 1. The van der Waals surface area contributed by atoms with Crippen molar-refractivity contribution in [1.29, 1.82) is 5.26 Å². The summed E-state index contributed by atoms with van der Waals surface area (Å²) in [6, 6.07) is 9.25. The van der Waals surface area contributed by atoms with E-state index in [-0.39, 0.29) is 11.3 Å². The van der Waals surface area contributed by atoms with Crippen molar-refractivity contribution in [3.63, 3.8) is 0 Å². The second kappa shape index (κ2) is 14.2. The van der Waals surface area contributed by atoms with Gasteiger partial charge in [-0.2, -0.15) is 5.26 Å². The van der Waals surface area contributed by atoms with Crippen molar-refractivity contribution in [2.75, 3.05) is 7.11 Å². The average Bonchev–Trinajstić information content (AvgIpc) is 2.90. The molecule has 8 nitrogen and oxygen atoms in total. The number of allylic oxidation sites excluding steroid dienone is 3. The quantitative estimate of drug-likeness (QED) is 0.310. The maximum absolute atomic E-state index is 13.2. The van der Waals surface area contributed by atoms with Gasteiger partial charge in [0.25, 0.3) is 11.2 Å². The van der Waals surface area contributed by atoms with E-state index in [1.54, 1.807) is 12.1 Å². The average molecular weight is 479 g/mol. The molecule has 1 aliphatic heterocycles. The normalized spacial score (nSPS) is 13.7. The van der Waals surface area contributed by atoms with Crippen LogP contribution in [0.2, 0.25) is 0 Å². The lowest BCUT2D eigenvalue weighted by atomic mass is 9.94. The molecule has 0 fully saturated rings. The lowest BCUT2D eigenvalue weighted by Crippen LogP contribution is -2.32. The van der Waals surface area contributed by atoms with Gasteiger partial charge in [-0.15, -0.1) is 0 Å². The molecule has 1 aliphatic rings. The van der Waals surface area contributed by atoms with Gasteiger partial charge in [0.15, 0.2) is 0 Å². The number of ether oxygens (including phenoxy) is 1. The van der Waals surface area contributed by atoms with Gasteiger partial charge >= 0.3 is 0 Å². The topological polar surface area (TPSA) is 110 Å². The minimum absolute atomic E-state index is 0.00229. The summed E-state index contributed by atoms with van der Waals surface area (Å²) in [6.45, 7) is 14.3. The van der Waals surface area contributed by atoms with Crippen LogP contribution < -0.4 is 10.9 Å². The monoisotopic (exact) mass is 478 g/mol. The molecule has 1 aromatic heterocycles. The lowest BCUT2D eigenvalue weighted by Gasteiger charge is -2.28. The Morgan fingerprint density at radius 1 is 1.29 bits per heavy atom. The van der Waals surface area contributed by atoms with Crippen molar-refractivity contribution in [3.8, 4) is 11.8 Å². The summed E-state index contributed by atoms with van der Waals surface area (Å²) >= 11 is 0. The Bertz CT molecular complexity index is 1200. The molecule has 0 unspecified atom stereocenters. The number of non-ortho nitro benzene ring substituents is 1. The number of nitrogens with zero attached hydrogens (tertiary/aromatic N) is 3. The summed E-state index contributed by atoms with van der Waals surface area (Å²) in [4.78, 5) is 23.7. The molecule has 0 saturated carbocycles. The Hall–Kier alpha value is -4.12. The molecule has 0 bridgehead atoms. The number of nitriles is 1. The fourth-order valence-corrected chi connectivity index (χ4v) is 3.41. The number of benzene rings is 1. The number of rotatable bonds is 6.